The van der Waals surface area contributed by atoms with Crippen LogP contribution in [0.25, 0.3) is 0 Å². The summed E-state index contributed by atoms with van der Waals surface area (Å²) in [6.07, 6.45) is 0.824. The van der Waals surface area contributed by atoms with Gasteiger partial charge in [0.15, 0.2) is 0 Å². The van der Waals surface area contributed by atoms with Crippen molar-refractivity contribution >= 4 is 17.3 Å². The maximum atomic E-state index is 6.22. The molecule has 0 spiro atoms. The van der Waals surface area contributed by atoms with Crippen molar-refractivity contribution in [2.75, 3.05) is 5.73 Å². The van der Waals surface area contributed by atoms with Gasteiger partial charge in [0, 0.05) is 0 Å². The smallest absolute Gasteiger partial charge is 0.0670 e. The van der Waals surface area contributed by atoms with Gasteiger partial charge >= 0.3 is 0 Å². The number of nitrogen functional groups attached to an aromatic ring is 1. The molecule has 17 heavy (non-hydrogen) atoms. The van der Waals surface area contributed by atoms with Gasteiger partial charge in [0.25, 0.3) is 0 Å². The summed E-state index contributed by atoms with van der Waals surface area (Å²) in [5, 5.41) is 0.677. The van der Waals surface area contributed by atoms with Crippen LogP contribution in [0.3, 0.4) is 0 Å². The molecule has 1 nitrogen and oxygen atoms in total. The molecular formula is C15H16ClN. The van der Waals surface area contributed by atoms with E-state index in [-0.39, 0.29) is 0 Å². The lowest BCUT2D eigenvalue weighted by atomic mass is 10.0. The highest BCUT2D eigenvalue weighted by Gasteiger charge is 2.06. The summed E-state index contributed by atoms with van der Waals surface area (Å²) in [6.45, 7) is 4.12. The average Bonchev–Trinajstić information content (AvgIpc) is 2.28. The Morgan fingerprint density at radius 1 is 1.00 bits per heavy atom. The minimum atomic E-state index is 0.661. The topological polar surface area (TPSA) is 26.0 Å². The average molecular weight is 246 g/mol. The van der Waals surface area contributed by atoms with Gasteiger partial charge in [-0.25, -0.2) is 0 Å². The quantitative estimate of drug-likeness (QED) is 0.791. The fraction of sp³-hybridized carbons (Fsp3) is 0.200. The Labute approximate surface area is 107 Å². The van der Waals surface area contributed by atoms with Crippen LogP contribution < -0.4 is 5.73 Å². The highest BCUT2D eigenvalue weighted by atomic mass is 35.5. The van der Waals surface area contributed by atoms with Crippen molar-refractivity contribution in [2.24, 2.45) is 0 Å². The first kappa shape index (κ1) is 12.0. The molecule has 0 aliphatic rings. The molecule has 0 unspecified atom stereocenters. The first-order valence-corrected chi connectivity index (χ1v) is 6.04. The van der Waals surface area contributed by atoms with Crippen LogP contribution in [0.1, 0.15) is 22.3 Å². The first-order chi connectivity index (χ1) is 8.06. The molecular weight excluding hydrogens is 230 g/mol. The molecule has 2 N–H and O–H groups in total. The molecule has 2 heteroatoms. The van der Waals surface area contributed by atoms with Gasteiger partial charge in [-0.15, -0.1) is 0 Å². The standard InChI is InChI=1S/C15H16ClN/c1-10-3-5-12(6-4-10)9-13-7-11(2)8-14(17)15(13)16/h3-8H,9,17H2,1-2H3. The lowest BCUT2D eigenvalue weighted by molar-refractivity contribution is 1.18. The highest BCUT2D eigenvalue weighted by molar-refractivity contribution is 6.33. The number of hydrogen-bond acceptors (Lipinski definition) is 1. The summed E-state index contributed by atoms with van der Waals surface area (Å²) in [5.74, 6) is 0. The third kappa shape index (κ3) is 2.80. The summed E-state index contributed by atoms with van der Waals surface area (Å²) in [5.41, 5.74) is 11.3. The lowest BCUT2D eigenvalue weighted by Gasteiger charge is -2.09. The number of nitrogens with two attached hydrogens (primary N) is 1. The van der Waals surface area contributed by atoms with Gasteiger partial charge in [0.2, 0.25) is 0 Å². The molecule has 0 aliphatic heterocycles. The Balaban J connectivity index is 2.32. The molecule has 2 aromatic rings. The Hall–Kier alpha value is -1.47. The summed E-state index contributed by atoms with van der Waals surface area (Å²) >= 11 is 6.22. The molecule has 0 radical (unpaired) electrons. The van der Waals surface area contributed by atoms with Gasteiger partial charge < -0.3 is 5.73 Å². The van der Waals surface area contributed by atoms with Crippen molar-refractivity contribution < 1.29 is 0 Å². The molecule has 0 fully saturated rings. The SMILES string of the molecule is Cc1ccc(Cc2cc(C)cc(N)c2Cl)cc1. The third-order valence-corrected chi connectivity index (χ3v) is 3.30. The van der Waals surface area contributed by atoms with E-state index in [1.165, 1.54) is 11.1 Å². The molecule has 0 saturated heterocycles. The molecule has 0 heterocycles. The van der Waals surface area contributed by atoms with Crippen LogP contribution in [0.5, 0.6) is 0 Å². The molecule has 0 atom stereocenters. The highest BCUT2D eigenvalue weighted by Crippen LogP contribution is 2.27. The minimum Gasteiger partial charge on any atom is -0.398 e. The Morgan fingerprint density at radius 2 is 1.65 bits per heavy atom. The van der Waals surface area contributed by atoms with Crippen molar-refractivity contribution in [1.29, 1.82) is 0 Å². The van der Waals surface area contributed by atoms with E-state index in [0.29, 0.717) is 10.7 Å². The molecule has 2 rings (SSSR count). The van der Waals surface area contributed by atoms with E-state index < -0.39 is 0 Å². The molecule has 0 amide bonds. The van der Waals surface area contributed by atoms with Crippen LogP contribution in [0, 0.1) is 13.8 Å². The Kier molecular flexibility index (Phi) is 3.39. The van der Waals surface area contributed by atoms with Gasteiger partial charge in [-0.2, -0.15) is 0 Å². The predicted molar refractivity (Wildman–Crippen MR) is 74.6 cm³/mol. The number of halogens is 1. The predicted octanol–water partition coefficient (Wildman–Crippen LogP) is 4.13. The molecule has 0 aromatic heterocycles. The largest absolute Gasteiger partial charge is 0.398 e. The zero-order chi connectivity index (χ0) is 12.4. The first-order valence-electron chi connectivity index (χ1n) is 5.66. The third-order valence-electron chi connectivity index (χ3n) is 2.84. The number of rotatable bonds is 2. The Bertz CT molecular complexity index is 529. The van der Waals surface area contributed by atoms with Crippen LogP contribution >= 0.6 is 11.6 Å². The fourth-order valence-electron chi connectivity index (χ4n) is 1.93. The molecule has 88 valence electrons. The monoisotopic (exact) mass is 245 g/mol. The summed E-state index contributed by atoms with van der Waals surface area (Å²) in [7, 11) is 0. The van der Waals surface area contributed by atoms with Gasteiger partial charge in [-0.3, -0.25) is 0 Å². The molecule has 0 aliphatic carbocycles. The molecule has 0 bridgehead atoms. The second-order valence-electron chi connectivity index (χ2n) is 4.49. The number of hydrogen-bond donors (Lipinski definition) is 1. The van der Waals surface area contributed by atoms with Crippen molar-refractivity contribution in [3.63, 3.8) is 0 Å². The minimum absolute atomic E-state index is 0.661. The van der Waals surface area contributed by atoms with Gasteiger partial charge in [-0.1, -0.05) is 47.5 Å². The van der Waals surface area contributed by atoms with Crippen molar-refractivity contribution in [3.05, 3.63) is 63.7 Å². The van der Waals surface area contributed by atoms with Gasteiger partial charge in [-0.05, 0) is 43.0 Å². The lowest BCUT2D eigenvalue weighted by Crippen LogP contribution is -1.95. The van der Waals surface area contributed by atoms with E-state index in [1.807, 2.05) is 13.0 Å². The normalized spacial score (nSPS) is 10.5. The summed E-state index contributed by atoms with van der Waals surface area (Å²) < 4.78 is 0. The second-order valence-corrected chi connectivity index (χ2v) is 4.87. The van der Waals surface area contributed by atoms with Gasteiger partial charge in [0.05, 0.1) is 10.7 Å². The van der Waals surface area contributed by atoms with Crippen LogP contribution in [0.4, 0.5) is 5.69 Å². The van der Waals surface area contributed by atoms with E-state index in [4.69, 9.17) is 17.3 Å². The van der Waals surface area contributed by atoms with Crippen LogP contribution in [-0.2, 0) is 6.42 Å². The van der Waals surface area contributed by atoms with E-state index in [0.717, 1.165) is 17.5 Å². The van der Waals surface area contributed by atoms with E-state index in [9.17, 15) is 0 Å². The Morgan fingerprint density at radius 3 is 2.29 bits per heavy atom. The zero-order valence-corrected chi connectivity index (χ0v) is 10.9. The summed E-state index contributed by atoms with van der Waals surface area (Å²) in [6, 6.07) is 12.5. The zero-order valence-electron chi connectivity index (χ0n) is 10.1. The molecule has 2 aromatic carbocycles. The van der Waals surface area contributed by atoms with E-state index >= 15 is 0 Å². The van der Waals surface area contributed by atoms with Crippen molar-refractivity contribution in [2.45, 2.75) is 20.3 Å². The van der Waals surface area contributed by atoms with Crippen LogP contribution in [0.2, 0.25) is 5.02 Å². The second kappa shape index (κ2) is 4.80. The fourth-order valence-corrected chi connectivity index (χ4v) is 2.10. The van der Waals surface area contributed by atoms with Gasteiger partial charge in [0.1, 0.15) is 0 Å². The van der Waals surface area contributed by atoms with Crippen LogP contribution in [0.15, 0.2) is 36.4 Å². The molecule has 0 saturated carbocycles. The maximum Gasteiger partial charge on any atom is 0.0670 e. The number of anilines is 1. The summed E-state index contributed by atoms with van der Waals surface area (Å²) in [4.78, 5) is 0. The maximum absolute atomic E-state index is 6.22. The number of aryl methyl sites for hydroxylation is 2. The van der Waals surface area contributed by atoms with E-state index in [1.54, 1.807) is 0 Å². The van der Waals surface area contributed by atoms with Crippen LogP contribution in [-0.4, -0.2) is 0 Å². The number of benzene rings is 2. The van der Waals surface area contributed by atoms with E-state index in [2.05, 4.69) is 37.3 Å². The van der Waals surface area contributed by atoms with Crippen molar-refractivity contribution in [3.8, 4) is 0 Å². The van der Waals surface area contributed by atoms with Crippen molar-refractivity contribution in [1.82, 2.24) is 0 Å².